The van der Waals surface area contributed by atoms with Gasteiger partial charge in [0.15, 0.2) is 0 Å². The number of piperazine rings is 1. The summed E-state index contributed by atoms with van der Waals surface area (Å²) in [5.41, 5.74) is 0.931. The maximum Gasteiger partial charge on any atom is 0.139 e. The molecule has 1 aliphatic rings. The van der Waals surface area contributed by atoms with E-state index in [1.54, 1.807) is 6.07 Å². The van der Waals surface area contributed by atoms with Crippen molar-refractivity contribution in [1.29, 1.82) is 0 Å². The molecule has 2 N–H and O–H groups in total. The lowest BCUT2D eigenvalue weighted by atomic mass is 9.94. The highest BCUT2D eigenvalue weighted by Crippen LogP contribution is 2.39. The third-order valence-electron chi connectivity index (χ3n) is 3.70. The molecule has 0 unspecified atom stereocenters. The van der Waals surface area contributed by atoms with E-state index >= 15 is 0 Å². The zero-order valence-electron chi connectivity index (χ0n) is 12.8. The third kappa shape index (κ3) is 5.73. The van der Waals surface area contributed by atoms with Crippen LogP contribution in [-0.2, 0) is 0 Å². The molecule has 1 aliphatic heterocycles. The summed E-state index contributed by atoms with van der Waals surface area (Å²) >= 11 is 9.61. The highest BCUT2D eigenvalue weighted by atomic mass is 79.9. The lowest BCUT2D eigenvalue weighted by Crippen LogP contribution is -2.45. The van der Waals surface area contributed by atoms with Gasteiger partial charge in [0.05, 0.1) is 5.02 Å². The molecular weight excluding hydrogens is 410 g/mol. The standard InChI is InChI=1S/C15H22BrClN2O.2ClH/c1-10(2)7-14(19-5-3-18-4-6-19)12-8-11(16)9-13(17)15(12)20;;/h8-10,14,18,20H,3-7H2,1-2H3;2*1H/t14-;;/m1../s1. The van der Waals surface area contributed by atoms with Crippen molar-refractivity contribution in [3.8, 4) is 5.75 Å². The first-order chi connectivity index (χ1) is 9.49. The highest BCUT2D eigenvalue weighted by molar-refractivity contribution is 9.10. The minimum Gasteiger partial charge on any atom is -0.506 e. The molecule has 1 fully saturated rings. The maximum atomic E-state index is 10.3. The van der Waals surface area contributed by atoms with Crippen molar-refractivity contribution in [2.24, 2.45) is 5.92 Å². The van der Waals surface area contributed by atoms with Crippen LogP contribution in [0.4, 0.5) is 0 Å². The second kappa shape index (κ2) is 10.2. The number of phenolic OH excluding ortho intramolecular Hbond substituents is 1. The largest absolute Gasteiger partial charge is 0.506 e. The average Bonchev–Trinajstić information content (AvgIpc) is 2.41. The predicted octanol–water partition coefficient (Wildman–Crippen LogP) is 4.64. The van der Waals surface area contributed by atoms with E-state index in [1.807, 2.05) is 6.07 Å². The second-order valence-electron chi connectivity index (χ2n) is 5.76. The molecule has 0 saturated carbocycles. The molecule has 0 amide bonds. The molecule has 1 saturated heterocycles. The Hall–Kier alpha value is 0.290. The summed E-state index contributed by atoms with van der Waals surface area (Å²) in [6, 6.07) is 3.95. The molecule has 1 aromatic carbocycles. The van der Waals surface area contributed by atoms with Gasteiger partial charge < -0.3 is 10.4 Å². The van der Waals surface area contributed by atoms with E-state index in [4.69, 9.17) is 11.6 Å². The van der Waals surface area contributed by atoms with Crippen molar-refractivity contribution >= 4 is 52.3 Å². The Kier molecular flexibility index (Phi) is 10.4. The Balaban J connectivity index is 0.00000220. The van der Waals surface area contributed by atoms with Gasteiger partial charge in [-0.2, -0.15) is 0 Å². The van der Waals surface area contributed by atoms with Crippen LogP contribution in [0.25, 0.3) is 0 Å². The summed E-state index contributed by atoms with van der Waals surface area (Å²) in [6.07, 6.45) is 1.01. The lowest BCUT2D eigenvalue weighted by Gasteiger charge is -2.36. The molecule has 0 spiro atoms. The van der Waals surface area contributed by atoms with Crippen molar-refractivity contribution in [3.05, 3.63) is 27.2 Å². The Morgan fingerprint density at radius 3 is 2.41 bits per heavy atom. The van der Waals surface area contributed by atoms with Crippen LogP contribution >= 0.6 is 52.3 Å². The van der Waals surface area contributed by atoms with Crippen molar-refractivity contribution in [2.45, 2.75) is 26.3 Å². The van der Waals surface area contributed by atoms with Crippen LogP contribution in [0.3, 0.4) is 0 Å². The van der Waals surface area contributed by atoms with Crippen molar-refractivity contribution in [1.82, 2.24) is 10.2 Å². The first-order valence-electron chi connectivity index (χ1n) is 7.11. The molecule has 0 bridgehead atoms. The molecule has 1 heterocycles. The molecule has 1 aromatic rings. The number of nitrogens with zero attached hydrogens (tertiary/aromatic N) is 1. The van der Waals surface area contributed by atoms with Gasteiger partial charge in [0.2, 0.25) is 0 Å². The molecule has 7 heteroatoms. The van der Waals surface area contributed by atoms with Crippen LogP contribution in [0.15, 0.2) is 16.6 Å². The topological polar surface area (TPSA) is 35.5 Å². The molecule has 0 radical (unpaired) electrons. The van der Waals surface area contributed by atoms with Gasteiger partial charge in [-0.15, -0.1) is 24.8 Å². The molecule has 128 valence electrons. The number of nitrogens with one attached hydrogen (secondary N) is 1. The second-order valence-corrected chi connectivity index (χ2v) is 7.08. The molecule has 0 aliphatic carbocycles. The Morgan fingerprint density at radius 1 is 1.27 bits per heavy atom. The van der Waals surface area contributed by atoms with Crippen molar-refractivity contribution < 1.29 is 5.11 Å². The Bertz CT molecular complexity index is 468. The van der Waals surface area contributed by atoms with Gasteiger partial charge in [0, 0.05) is 42.3 Å². The van der Waals surface area contributed by atoms with Gasteiger partial charge in [-0.25, -0.2) is 0 Å². The highest BCUT2D eigenvalue weighted by Gasteiger charge is 2.26. The minimum atomic E-state index is 0. The molecule has 2 rings (SSSR count). The maximum absolute atomic E-state index is 10.3. The zero-order valence-corrected chi connectivity index (χ0v) is 16.8. The van der Waals surface area contributed by atoms with E-state index in [0.29, 0.717) is 10.9 Å². The quantitative estimate of drug-likeness (QED) is 0.724. The zero-order chi connectivity index (χ0) is 14.7. The van der Waals surface area contributed by atoms with Crippen LogP contribution in [0.1, 0.15) is 31.9 Å². The Labute approximate surface area is 158 Å². The van der Waals surface area contributed by atoms with Crippen LogP contribution in [0, 0.1) is 5.92 Å². The van der Waals surface area contributed by atoms with Gasteiger partial charge in [0.25, 0.3) is 0 Å². The molecular formula is C15H24BrCl3N2O. The number of hydrogen-bond acceptors (Lipinski definition) is 3. The van der Waals surface area contributed by atoms with Crippen LogP contribution < -0.4 is 5.32 Å². The number of rotatable bonds is 4. The summed E-state index contributed by atoms with van der Waals surface area (Å²) in [7, 11) is 0. The van der Waals surface area contributed by atoms with E-state index in [-0.39, 0.29) is 36.6 Å². The van der Waals surface area contributed by atoms with Gasteiger partial charge >= 0.3 is 0 Å². The first kappa shape index (κ1) is 22.3. The number of halogens is 4. The van der Waals surface area contributed by atoms with E-state index in [2.05, 4.69) is 40.0 Å². The molecule has 22 heavy (non-hydrogen) atoms. The van der Waals surface area contributed by atoms with E-state index in [1.165, 1.54) is 0 Å². The summed E-state index contributed by atoms with van der Waals surface area (Å²) in [4.78, 5) is 2.44. The van der Waals surface area contributed by atoms with Gasteiger partial charge in [-0.05, 0) is 24.5 Å². The van der Waals surface area contributed by atoms with Crippen molar-refractivity contribution in [3.63, 3.8) is 0 Å². The van der Waals surface area contributed by atoms with E-state index in [9.17, 15) is 5.11 Å². The molecule has 0 aromatic heterocycles. The summed E-state index contributed by atoms with van der Waals surface area (Å²) in [5.74, 6) is 0.783. The SMILES string of the molecule is CC(C)C[C@H](c1cc(Br)cc(Cl)c1O)N1CCNCC1.Cl.Cl. The average molecular weight is 435 g/mol. The van der Waals surface area contributed by atoms with E-state index < -0.39 is 0 Å². The van der Waals surface area contributed by atoms with Crippen molar-refractivity contribution in [2.75, 3.05) is 26.2 Å². The number of benzene rings is 1. The van der Waals surface area contributed by atoms with Crippen LogP contribution in [-0.4, -0.2) is 36.2 Å². The van der Waals surface area contributed by atoms with Gasteiger partial charge in [0.1, 0.15) is 5.75 Å². The summed E-state index contributed by atoms with van der Waals surface area (Å²) in [5, 5.41) is 14.1. The minimum absolute atomic E-state index is 0. The fourth-order valence-corrected chi connectivity index (χ4v) is 3.59. The summed E-state index contributed by atoms with van der Waals surface area (Å²) < 4.78 is 0.916. The lowest BCUT2D eigenvalue weighted by molar-refractivity contribution is 0.151. The van der Waals surface area contributed by atoms with Crippen LogP contribution in [0.2, 0.25) is 5.02 Å². The number of hydrogen-bond donors (Lipinski definition) is 2. The molecule has 3 nitrogen and oxygen atoms in total. The van der Waals surface area contributed by atoms with Gasteiger partial charge in [-0.3, -0.25) is 4.90 Å². The fourth-order valence-electron chi connectivity index (χ4n) is 2.75. The third-order valence-corrected chi connectivity index (χ3v) is 4.45. The first-order valence-corrected chi connectivity index (χ1v) is 8.28. The fraction of sp³-hybridized carbons (Fsp3) is 0.600. The Morgan fingerprint density at radius 2 is 1.86 bits per heavy atom. The number of aromatic hydroxyl groups is 1. The molecule has 1 atom stereocenters. The number of phenols is 1. The smallest absolute Gasteiger partial charge is 0.139 e. The van der Waals surface area contributed by atoms with Crippen LogP contribution in [0.5, 0.6) is 5.75 Å². The van der Waals surface area contributed by atoms with E-state index in [0.717, 1.165) is 42.6 Å². The summed E-state index contributed by atoms with van der Waals surface area (Å²) in [6.45, 7) is 8.42. The monoisotopic (exact) mass is 432 g/mol. The normalized spacial score (nSPS) is 16.8. The van der Waals surface area contributed by atoms with Gasteiger partial charge in [-0.1, -0.05) is 41.4 Å². The predicted molar refractivity (Wildman–Crippen MR) is 102 cm³/mol.